The molecule has 1 aliphatic rings. The van der Waals surface area contributed by atoms with Crippen molar-refractivity contribution in [1.82, 2.24) is 20.0 Å². The SMILES string of the molecule is Cc1cn2c(n1)CC[C@H](NC(=O)c1ccon1)C2. The highest BCUT2D eigenvalue weighted by Crippen LogP contribution is 2.15. The first-order valence-corrected chi connectivity index (χ1v) is 5.96. The van der Waals surface area contributed by atoms with Crippen molar-refractivity contribution in [2.45, 2.75) is 32.4 Å². The molecule has 0 saturated heterocycles. The first-order chi connectivity index (χ1) is 8.72. The predicted molar refractivity (Wildman–Crippen MR) is 63.0 cm³/mol. The van der Waals surface area contributed by atoms with Crippen LogP contribution in [-0.4, -0.2) is 26.7 Å². The van der Waals surface area contributed by atoms with Gasteiger partial charge in [0.1, 0.15) is 12.1 Å². The Morgan fingerprint density at radius 2 is 2.50 bits per heavy atom. The van der Waals surface area contributed by atoms with E-state index in [0.717, 1.165) is 30.9 Å². The van der Waals surface area contributed by atoms with Crippen LogP contribution in [0.25, 0.3) is 0 Å². The second kappa shape index (κ2) is 4.29. The minimum Gasteiger partial charge on any atom is -0.364 e. The summed E-state index contributed by atoms with van der Waals surface area (Å²) in [5, 5.41) is 6.59. The van der Waals surface area contributed by atoms with Crippen molar-refractivity contribution in [2.75, 3.05) is 0 Å². The average Bonchev–Trinajstić information content (AvgIpc) is 2.95. The van der Waals surface area contributed by atoms with E-state index in [0.29, 0.717) is 5.69 Å². The third kappa shape index (κ3) is 2.01. The maximum absolute atomic E-state index is 11.8. The molecule has 0 bridgehead atoms. The van der Waals surface area contributed by atoms with Gasteiger partial charge in [0.2, 0.25) is 0 Å². The number of carbonyl (C=O) groups is 1. The van der Waals surface area contributed by atoms with Gasteiger partial charge in [-0.2, -0.15) is 0 Å². The quantitative estimate of drug-likeness (QED) is 0.855. The van der Waals surface area contributed by atoms with Crippen molar-refractivity contribution >= 4 is 5.91 Å². The van der Waals surface area contributed by atoms with Crippen LogP contribution in [0.5, 0.6) is 0 Å². The number of hydrogen-bond donors (Lipinski definition) is 1. The molecule has 0 saturated carbocycles. The van der Waals surface area contributed by atoms with Crippen molar-refractivity contribution < 1.29 is 9.32 Å². The Kier molecular flexibility index (Phi) is 2.62. The van der Waals surface area contributed by atoms with E-state index in [2.05, 4.69) is 24.5 Å². The minimum absolute atomic E-state index is 0.121. The number of rotatable bonds is 2. The van der Waals surface area contributed by atoms with E-state index >= 15 is 0 Å². The largest absolute Gasteiger partial charge is 0.364 e. The first-order valence-electron chi connectivity index (χ1n) is 5.96. The van der Waals surface area contributed by atoms with Gasteiger partial charge in [0.05, 0.1) is 5.69 Å². The van der Waals surface area contributed by atoms with Gasteiger partial charge in [-0.05, 0) is 13.3 Å². The molecule has 0 radical (unpaired) electrons. The first kappa shape index (κ1) is 11.0. The highest BCUT2D eigenvalue weighted by atomic mass is 16.5. The summed E-state index contributed by atoms with van der Waals surface area (Å²) in [7, 11) is 0. The molecule has 0 aromatic carbocycles. The van der Waals surface area contributed by atoms with E-state index in [-0.39, 0.29) is 11.9 Å². The molecule has 0 fully saturated rings. The third-order valence-electron chi connectivity index (χ3n) is 3.12. The number of nitrogens with one attached hydrogen (secondary N) is 1. The number of imidazole rings is 1. The maximum Gasteiger partial charge on any atom is 0.273 e. The zero-order valence-electron chi connectivity index (χ0n) is 10.1. The highest BCUT2D eigenvalue weighted by molar-refractivity contribution is 5.92. The lowest BCUT2D eigenvalue weighted by Crippen LogP contribution is -2.41. The van der Waals surface area contributed by atoms with Gasteiger partial charge in [0.25, 0.3) is 5.91 Å². The molecule has 0 aliphatic carbocycles. The van der Waals surface area contributed by atoms with Crippen LogP contribution < -0.4 is 5.32 Å². The van der Waals surface area contributed by atoms with Gasteiger partial charge in [0, 0.05) is 31.3 Å². The highest BCUT2D eigenvalue weighted by Gasteiger charge is 2.22. The normalized spacial score (nSPS) is 18.4. The fourth-order valence-corrected chi connectivity index (χ4v) is 2.29. The Balaban J connectivity index is 1.68. The van der Waals surface area contributed by atoms with Gasteiger partial charge in [-0.3, -0.25) is 4.79 Å². The Labute approximate surface area is 104 Å². The summed E-state index contributed by atoms with van der Waals surface area (Å²) in [6, 6.07) is 1.68. The topological polar surface area (TPSA) is 73.0 Å². The molecule has 94 valence electrons. The van der Waals surface area contributed by atoms with Crippen molar-refractivity contribution in [3.05, 3.63) is 35.7 Å². The van der Waals surface area contributed by atoms with Gasteiger partial charge >= 0.3 is 0 Å². The summed E-state index contributed by atoms with van der Waals surface area (Å²) >= 11 is 0. The van der Waals surface area contributed by atoms with Gasteiger partial charge in [0.15, 0.2) is 5.69 Å². The lowest BCUT2D eigenvalue weighted by atomic mass is 10.1. The van der Waals surface area contributed by atoms with Crippen molar-refractivity contribution in [3.8, 4) is 0 Å². The summed E-state index contributed by atoms with van der Waals surface area (Å²) < 4.78 is 6.76. The minimum atomic E-state index is -0.186. The van der Waals surface area contributed by atoms with E-state index in [1.165, 1.54) is 6.26 Å². The van der Waals surface area contributed by atoms with Crippen molar-refractivity contribution in [3.63, 3.8) is 0 Å². The van der Waals surface area contributed by atoms with Crippen LogP contribution in [0.4, 0.5) is 0 Å². The Bertz CT molecular complexity index is 559. The zero-order valence-corrected chi connectivity index (χ0v) is 10.1. The third-order valence-corrected chi connectivity index (χ3v) is 3.12. The molecule has 0 unspecified atom stereocenters. The number of fused-ring (bicyclic) bond motifs is 1. The van der Waals surface area contributed by atoms with Crippen LogP contribution in [0.2, 0.25) is 0 Å². The molecule has 2 aromatic heterocycles. The van der Waals surface area contributed by atoms with Crippen LogP contribution >= 0.6 is 0 Å². The van der Waals surface area contributed by atoms with E-state index < -0.39 is 0 Å². The fourth-order valence-electron chi connectivity index (χ4n) is 2.29. The molecule has 3 heterocycles. The van der Waals surface area contributed by atoms with E-state index in [4.69, 9.17) is 0 Å². The Hall–Kier alpha value is -2.11. The monoisotopic (exact) mass is 246 g/mol. The van der Waals surface area contributed by atoms with E-state index in [9.17, 15) is 4.79 Å². The van der Waals surface area contributed by atoms with Gasteiger partial charge < -0.3 is 14.4 Å². The second-order valence-corrected chi connectivity index (χ2v) is 4.54. The standard InChI is InChI=1S/C12H14N4O2/c1-8-6-16-7-9(2-3-11(16)13-8)14-12(17)10-4-5-18-15-10/h4-6,9H,2-3,7H2,1H3,(H,14,17)/t9-/m0/s1. The number of aromatic nitrogens is 3. The number of hydrogen-bond acceptors (Lipinski definition) is 4. The molecule has 2 aromatic rings. The number of nitrogens with zero attached hydrogens (tertiary/aromatic N) is 3. The molecule has 0 spiro atoms. The molecular weight excluding hydrogens is 232 g/mol. The van der Waals surface area contributed by atoms with Crippen molar-refractivity contribution in [1.29, 1.82) is 0 Å². The summed E-state index contributed by atoms with van der Waals surface area (Å²) in [6.07, 6.45) is 5.20. The molecule has 3 rings (SSSR count). The van der Waals surface area contributed by atoms with Crippen LogP contribution in [0.3, 0.4) is 0 Å². The second-order valence-electron chi connectivity index (χ2n) is 4.54. The van der Waals surface area contributed by atoms with Gasteiger partial charge in [-0.25, -0.2) is 4.98 Å². The average molecular weight is 246 g/mol. The summed E-state index contributed by atoms with van der Waals surface area (Å²) in [5.41, 5.74) is 1.34. The number of carbonyl (C=O) groups excluding carboxylic acids is 1. The fraction of sp³-hybridized carbons (Fsp3) is 0.417. The molecular formula is C12H14N4O2. The summed E-state index contributed by atoms with van der Waals surface area (Å²) in [4.78, 5) is 16.3. The maximum atomic E-state index is 11.8. The summed E-state index contributed by atoms with van der Waals surface area (Å²) in [6.45, 7) is 2.74. The van der Waals surface area contributed by atoms with Crippen molar-refractivity contribution in [2.24, 2.45) is 0 Å². The molecule has 18 heavy (non-hydrogen) atoms. The zero-order chi connectivity index (χ0) is 12.5. The van der Waals surface area contributed by atoms with Crippen LogP contribution in [-0.2, 0) is 13.0 Å². The van der Waals surface area contributed by atoms with E-state index in [1.807, 2.05) is 13.1 Å². The Morgan fingerprint density at radius 1 is 1.61 bits per heavy atom. The van der Waals surface area contributed by atoms with Crippen LogP contribution in [0.1, 0.15) is 28.4 Å². The Morgan fingerprint density at radius 3 is 3.28 bits per heavy atom. The molecule has 6 nitrogen and oxygen atoms in total. The predicted octanol–water partition coefficient (Wildman–Crippen LogP) is 0.924. The molecule has 1 aliphatic heterocycles. The van der Waals surface area contributed by atoms with Gasteiger partial charge in [-0.15, -0.1) is 0 Å². The van der Waals surface area contributed by atoms with Gasteiger partial charge in [-0.1, -0.05) is 5.16 Å². The van der Waals surface area contributed by atoms with Crippen LogP contribution in [0, 0.1) is 6.92 Å². The lowest BCUT2D eigenvalue weighted by Gasteiger charge is -2.24. The van der Waals surface area contributed by atoms with E-state index in [1.54, 1.807) is 6.07 Å². The van der Waals surface area contributed by atoms with Crippen LogP contribution in [0.15, 0.2) is 23.0 Å². The lowest BCUT2D eigenvalue weighted by molar-refractivity contribution is 0.0918. The molecule has 1 atom stereocenters. The summed E-state index contributed by atoms with van der Waals surface area (Å²) in [5.74, 6) is 0.911. The molecule has 1 amide bonds. The number of aryl methyl sites for hydroxylation is 2. The number of amides is 1. The smallest absolute Gasteiger partial charge is 0.273 e. The molecule has 6 heteroatoms. The molecule has 1 N–H and O–H groups in total.